The Balaban J connectivity index is 1.60. The van der Waals surface area contributed by atoms with Gasteiger partial charge in [0.2, 0.25) is 5.91 Å². The van der Waals surface area contributed by atoms with Crippen LogP contribution in [0.3, 0.4) is 0 Å². The van der Waals surface area contributed by atoms with Crippen molar-refractivity contribution >= 4 is 17.6 Å². The summed E-state index contributed by atoms with van der Waals surface area (Å²) in [6, 6.07) is 5.21. The number of piperidine rings is 2. The standard InChI is InChI=1S/C20H29N3O4/c1-4-22-14-20(8-7-18(22)24)9-11-23(12-10-20)19(25)21-16-6-5-15(26-2)13-17(16)27-3/h5-6,13H,4,7-12,14H2,1-3H3,(H,21,25). The van der Waals surface area contributed by atoms with Crippen LogP contribution in [0.2, 0.25) is 0 Å². The predicted molar refractivity (Wildman–Crippen MR) is 103 cm³/mol. The number of methoxy groups -OCH3 is 2. The van der Waals surface area contributed by atoms with E-state index in [0.717, 1.165) is 32.4 Å². The van der Waals surface area contributed by atoms with Gasteiger partial charge in [-0.2, -0.15) is 0 Å². The number of hydrogen-bond donors (Lipinski definition) is 1. The van der Waals surface area contributed by atoms with Gasteiger partial charge in [-0.25, -0.2) is 4.79 Å². The maximum absolute atomic E-state index is 12.7. The molecule has 2 fully saturated rings. The van der Waals surface area contributed by atoms with Gasteiger partial charge in [0.25, 0.3) is 0 Å². The summed E-state index contributed by atoms with van der Waals surface area (Å²) < 4.78 is 10.5. The van der Waals surface area contributed by atoms with E-state index in [1.54, 1.807) is 32.4 Å². The first-order valence-corrected chi connectivity index (χ1v) is 9.56. The Morgan fingerprint density at radius 2 is 1.93 bits per heavy atom. The van der Waals surface area contributed by atoms with E-state index in [1.165, 1.54) is 0 Å². The number of nitrogens with one attached hydrogen (secondary N) is 1. The number of amides is 3. The van der Waals surface area contributed by atoms with E-state index in [4.69, 9.17) is 9.47 Å². The monoisotopic (exact) mass is 375 g/mol. The number of likely N-dealkylation sites (tertiary alicyclic amines) is 2. The second-order valence-corrected chi connectivity index (χ2v) is 7.39. The molecule has 148 valence electrons. The summed E-state index contributed by atoms with van der Waals surface area (Å²) in [5.41, 5.74) is 0.794. The third-order valence-electron chi connectivity index (χ3n) is 5.89. The Bertz CT molecular complexity index is 698. The average molecular weight is 375 g/mol. The number of nitrogens with zero attached hydrogens (tertiary/aromatic N) is 2. The fourth-order valence-electron chi connectivity index (χ4n) is 4.08. The van der Waals surface area contributed by atoms with Crippen LogP contribution in [0.15, 0.2) is 18.2 Å². The van der Waals surface area contributed by atoms with Crippen LogP contribution in [-0.4, -0.2) is 62.1 Å². The van der Waals surface area contributed by atoms with Crippen molar-refractivity contribution in [2.45, 2.75) is 32.6 Å². The molecule has 2 saturated heterocycles. The van der Waals surface area contributed by atoms with Gasteiger partial charge in [-0.15, -0.1) is 0 Å². The van der Waals surface area contributed by atoms with E-state index in [2.05, 4.69) is 5.32 Å². The molecule has 7 heteroatoms. The highest BCUT2D eigenvalue weighted by Gasteiger charge is 2.41. The van der Waals surface area contributed by atoms with Gasteiger partial charge in [-0.1, -0.05) is 0 Å². The summed E-state index contributed by atoms with van der Waals surface area (Å²) in [7, 11) is 3.16. The lowest BCUT2D eigenvalue weighted by Gasteiger charge is -2.47. The van der Waals surface area contributed by atoms with Gasteiger partial charge in [-0.3, -0.25) is 4.79 Å². The quantitative estimate of drug-likeness (QED) is 0.878. The first-order chi connectivity index (χ1) is 13.0. The molecule has 2 aliphatic rings. The largest absolute Gasteiger partial charge is 0.497 e. The maximum atomic E-state index is 12.7. The first-order valence-electron chi connectivity index (χ1n) is 9.56. The summed E-state index contributed by atoms with van der Waals surface area (Å²) in [5.74, 6) is 1.51. The molecule has 1 aromatic carbocycles. The van der Waals surface area contributed by atoms with Gasteiger partial charge in [-0.05, 0) is 43.7 Å². The van der Waals surface area contributed by atoms with Crippen LogP contribution in [0, 0.1) is 5.41 Å². The van der Waals surface area contributed by atoms with Crippen LogP contribution < -0.4 is 14.8 Å². The molecule has 0 aliphatic carbocycles. The second-order valence-electron chi connectivity index (χ2n) is 7.39. The average Bonchev–Trinajstić information content (AvgIpc) is 2.70. The fourth-order valence-corrected chi connectivity index (χ4v) is 4.08. The molecule has 0 unspecified atom stereocenters. The van der Waals surface area contributed by atoms with Crippen molar-refractivity contribution in [1.29, 1.82) is 0 Å². The van der Waals surface area contributed by atoms with Crippen molar-refractivity contribution in [3.63, 3.8) is 0 Å². The summed E-state index contributed by atoms with van der Waals surface area (Å²) in [6.45, 7) is 5.03. The molecule has 1 spiro atoms. The molecule has 27 heavy (non-hydrogen) atoms. The van der Waals surface area contributed by atoms with Gasteiger partial charge in [0.15, 0.2) is 0 Å². The number of rotatable bonds is 4. The van der Waals surface area contributed by atoms with E-state index in [0.29, 0.717) is 36.7 Å². The van der Waals surface area contributed by atoms with Crippen molar-refractivity contribution in [1.82, 2.24) is 9.80 Å². The number of anilines is 1. The fraction of sp³-hybridized carbons (Fsp3) is 0.600. The highest BCUT2D eigenvalue weighted by atomic mass is 16.5. The molecule has 0 atom stereocenters. The summed E-state index contributed by atoms with van der Waals surface area (Å²) >= 11 is 0. The molecule has 3 rings (SSSR count). The minimum Gasteiger partial charge on any atom is -0.497 e. The first kappa shape index (κ1) is 19.3. The number of ether oxygens (including phenoxy) is 2. The Hall–Kier alpha value is -2.44. The van der Waals surface area contributed by atoms with Gasteiger partial charge < -0.3 is 24.6 Å². The highest BCUT2D eigenvalue weighted by molar-refractivity contribution is 5.91. The minimum atomic E-state index is -0.118. The van der Waals surface area contributed by atoms with Crippen LogP contribution in [0.5, 0.6) is 11.5 Å². The number of carbonyl (C=O) groups excluding carboxylic acids is 2. The minimum absolute atomic E-state index is 0.118. The molecule has 7 nitrogen and oxygen atoms in total. The number of urea groups is 1. The van der Waals surface area contributed by atoms with Gasteiger partial charge in [0, 0.05) is 38.7 Å². The van der Waals surface area contributed by atoms with E-state index < -0.39 is 0 Å². The zero-order valence-corrected chi connectivity index (χ0v) is 16.4. The van der Waals surface area contributed by atoms with Crippen LogP contribution in [0.25, 0.3) is 0 Å². The van der Waals surface area contributed by atoms with Crippen molar-refractivity contribution in [2.75, 3.05) is 45.7 Å². The zero-order valence-electron chi connectivity index (χ0n) is 16.4. The molecule has 0 saturated carbocycles. The van der Waals surface area contributed by atoms with Gasteiger partial charge >= 0.3 is 6.03 Å². The number of hydrogen-bond acceptors (Lipinski definition) is 4. The Kier molecular flexibility index (Phi) is 5.77. The maximum Gasteiger partial charge on any atom is 0.321 e. The van der Waals surface area contributed by atoms with Crippen molar-refractivity contribution in [3.8, 4) is 11.5 Å². The molecular weight excluding hydrogens is 346 g/mol. The van der Waals surface area contributed by atoms with E-state index in [9.17, 15) is 9.59 Å². The SMILES string of the molecule is CCN1CC2(CCC1=O)CCN(C(=O)Nc1ccc(OC)cc1OC)CC2. The van der Waals surface area contributed by atoms with Crippen LogP contribution >= 0.6 is 0 Å². The third-order valence-corrected chi connectivity index (χ3v) is 5.89. The lowest BCUT2D eigenvalue weighted by atomic mass is 9.72. The molecule has 2 aliphatic heterocycles. The summed E-state index contributed by atoms with van der Waals surface area (Å²) in [6.07, 6.45) is 3.43. The molecule has 1 aromatic rings. The second kappa shape index (κ2) is 8.06. The topological polar surface area (TPSA) is 71.1 Å². The van der Waals surface area contributed by atoms with Crippen molar-refractivity contribution in [2.24, 2.45) is 5.41 Å². The predicted octanol–water partition coefficient (Wildman–Crippen LogP) is 2.96. The van der Waals surface area contributed by atoms with E-state index in [-0.39, 0.29) is 17.4 Å². The molecule has 0 aromatic heterocycles. The molecule has 1 N–H and O–H groups in total. The third kappa shape index (κ3) is 4.12. The smallest absolute Gasteiger partial charge is 0.321 e. The lowest BCUT2D eigenvalue weighted by Crippen LogP contribution is -2.52. The zero-order chi connectivity index (χ0) is 19.4. The van der Waals surface area contributed by atoms with E-state index >= 15 is 0 Å². The lowest BCUT2D eigenvalue weighted by molar-refractivity contribution is -0.138. The van der Waals surface area contributed by atoms with Crippen LogP contribution in [0.1, 0.15) is 32.6 Å². The molecule has 2 heterocycles. The van der Waals surface area contributed by atoms with E-state index in [1.807, 2.05) is 16.7 Å². The summed E-state index contributed by atoms with van der Waals surface area (Å²) in [5, 5.41) is 2.94. The van der Waals surface area contributed by atoms with Crippen molar-refractivity contribution < 1.29 is 19.1 Å². The Labute approximate surface area is 160 Å². The molecule has 3 amide bonds. The summed E-state index contributed by atoms with van der Waals surface area (Å²) in [4.78, 5) is 28.5. The normalized spacial score (nSPS) is 19.1. The molecular formula is C20H29N3O4. The number of carbonyl (C=O) groups is 2. The highest BCUT2D eigenvalue weighted by Crippen LogP contribution is 2.40. The van der Waals surface area contributed by atoms with Gasteiger partial charge in [0.05, 0.1) is 19.9 Å². The van der Waals surface area contributed by atoms with Crippen molar-refractivity contribution in [3.05, 3.63) is 18.2 Å². The van der Waals surface area contributed by atoms with Crippen LogP contribution in [-0.2, 0) is 4.79 Å². The molecule has 0 bridgehead atoms. The molecule has 0 radical (unpaired) electrons. The van der Waals surface area contributed by atoms with Crippen LogP contribution in [0.4, 0.5) is 10.5 Å². The Morgan fingerprint density at radius 1 is 1.19 bits per heavy atom. The Morgan fingerprint density at radius 3 is 2.56 bits per heavy atom. The number of benzene rings is 1. The van der Waals surface area contributed by atoms with Gasteiger partial charge in [0.1, 0.15) is 11.5 Å².